The second-order valence-electron chi connectivity index (χ2n) is 5.21. The predicted octanol–water partition coefficient (Wildman–Crippen LogP) is 3.25. The van der Waals surface area contributed by atoms with E-state index in [1.54, 1.807) is 0 Å². The predicted molar refractivity (Wildman–Crippen MR) is 82.5 cm³/mol. The van der Waals surface area contributed by atoms with Crippen LogP contribution in [0.4, 0.5) is 5.69 Å². The lowest BCUT2D eigenvalue weighted by molar-refractivity contribution is 0.599. The van der Waals surface area contributed by atoms with E-state index in [9.17, 15) is 0 Å². The molecule has 0 radical (unpaired) electrons. The molecule has 3 nitrogen and oxygen atoms in total. The van der Waals surface area contributed by atoms with E-state index in [1.807, 2.05) is 35.8 Å². The topological polar surface area (TPSA) is 29.9 Å². The third kappa shape index (κ3) is 2.63. The zero-order chi connectivity index (χ0) is 13.2. The maximum absolute atomic E-state index is 4.40. The molecule has 0 bridgehead atoms. The standard InChI is InChI=1S/C15H19N3S/c1-11-9-19-10-14(11)17-13-5-3-4-12(8-13)15-16-6-7-18(15)2/h3-8,11,14,17H,9-10H2,1-2H3. The summed E-state index contributed by atoms with van der Waals surface area (Å²) in [6, 6.07) is 9.13. The van der Waals surface area contributed by atoms with E-state index >= 15 is 0 Å². The van der Waals surface area contributed by atoms with Crippen LogP contribution in [0.3, 0.4) is 0 Å². The van der Waals surface area contributed by atoms with Crippen molar-refractivity contribution in [2.24, 2.45) is 13.0 Å². The Bertz CT molecular complexity index is 564. The van der Waals surface area contributed by atoms with Gasteiger partial charge >= 0.3 is 0 Å². The first kappa shape index (κ1) is 12.6. The number of nitrogens with zero attached hydrogens (tertiary/aromatic N) is 2. The summed E-state index contributed by atoms with van der Waals surface area (Å²) in [4.78, 5) is 4.40. The maximum atomic E-state index is 4.40. The van der Waals surface area contributed by atoms with Crippen LogP contribution in [0, 0.1) is 5.92 Å². The molecule has 1 N–H and O–H groups in total. The van der Waals surface area contributed by atoms with Crippen molar-refractivity contribution in [1.82, 2.24) is 9.55 Å². The molecule has 2 atom stereocenters. The number of aromatic nitrogens is 2. The molecule has 2 heterocycles. The highest BCUT2D eigenvalue weighted by atomic mass is 32.2. The zero-order valence-electron chi connectivity index (χ0n) is 11.3. The van der Waals surface area contributed by atoms with Crippen molar-refractivity contribution >= 4 is 17.4 Å². The van der Waals surface area contributed by atoms with Gasteiger partial charge in [-0.3, -0.25) is 0 Å². The van der Waals surface area contributed by atoms with Gasteiger partial charge in [0.1, 0.15) is 5.82 Å². The van der Waals surface area contributed by atoms with Crippen LogP contribution < -0.4 is 5.32 Å². The van der Waals surface area contributed by atoms with Crippen molar-refractivity contribution in [1.29, 1.82) is 0 Å². The fourth-order valence-electron chi connectivity index (χ4n) is 2.45. The summed E-state index contributed by atoms with van der Waals surface area (Å²) in [7, 11) is 2.03. The lowest BCUT2D eigenvalue weighted by Gasteiger charge is -2.18. The van der Waals surface area contributed by atoms with Gasteiger partial charge in [-0.2, -0.15) is 11.8 Å². The molecule has 1 aromatic heterocycles. The summed E-state index contributed by atoms with van der Waals surface area (Å²) >= 11 is 2.03. The molecular weight excluding hydrogens is 254 g/mol. The van der Waals surface area contributed by atoms with Gasteiger partial charge in [0, 0.05) is 42.5 Å². The number of nitrogens with one attached hydrogen (secondary N) is 1. The highest BCUT2D eigenvalue weighted by molar-refractivity contribution is 7.99. The number of aryl methyl sites for hydroxylation is 1. The Morgan fingerprint density at radius 1 is 1.37 bits per heavy atom. The lowest BCUT2D eigenvalue weighted by atomic mass is 10.1. The molecule has 0 spiro atoms. The van der Waals surface area contributed by atoms with E-state index in [1.165, 1.54) is 17.2 Å². The molecule has 2 aromatic rings. The highest BCUT2D eigenvalue weighted by Crippen LogP contribution is 2.28. The van der Waals surface area contributed by atoms with Crippen LogP contribution in [0.2, 0.25) is 0 Å². The molecule has 1 aliphatic rings. The molecule has 3 rings (SSSR count). The summed E-state index contributed by atoms with van der Waals surface area (Å²) in [6.45, 7) is 2.32. The second kappa shape index (κ2) is 5.29. The first-order chi connectivity index (χ1) is 9.24. The first-order valence-electron chi connectivity index (χ1n) is 6.66. The first-order valence-corrected chi connectivity index (χ1v) is 7.81. The average Bonchev–Trinajstić information content (AvgIpc) is 3.00. The molecule has 1 aromatic carbocycles. The minimum atomic E-state index is 0.585. The second-order valence-corrected chi connectivity index (χ2v) is 6.28. The summed E-state index contributed by atoms with van der Waals surface area (Å²) in [5.41, 5.74) is 2.36. The number of benzene rings is 1. The van der Waals surface area contributed by atoms with Crippen molar-refractivity contribution in [3.63, 3.8) is 0 Å². The van der Waals surface area contributed by atoms with Gasteiger partial charge in [-0.15, -0.1) is 0 Å². The van der Waals surface area contributed by atoms with E-state index in [0.29, 0.717) is 6.04 Å². The van der Waals surface area contributed by atoms with Gasteiger partial charge in [0.05, 0.1) is 0 Å². The summed E-state index contributed by atoms with van der Waals surface area (Å²) in [6.07, 6.45) is 3.82. The molecule has 0 saturated carbocycles. The van der Waals surface area contributed by atoms with Gasteiger partial charge in [-0.05, 0) is 23.8 Å². The third-order valence-corrected chi connectivity index (χ3v) is 5.02. The highest BCUT2D eigenvalue weighted by Gasteiger charge is 2.23. The van der Waals surface area contributed by atoms with E-state index in [2.05, 4.69) is 41.5 Å². The molecule has 0 amide bonds. The number of rotatable bonds is 3. The number of anilines is 1. The largest absolute Gasteiger partial charge is 0.381 e. The maximum Gasteiger partial charge on any atom is 0.139 e. The van der Waals surface area contributed by atoms with Crippen LogP contribution in [0.5, 0.6) is 0 Å². The number of thioether (sulfide) groups is 1. The monoisotopic (exact) mass is 273 g/mol. The fourth-order valence-corrected chi connectivity index (χ4v) is 3.86. The normalized spacial score (nSPS) is 22.6. The zero-order valence-corrected chi connectivity index (χ0v) is 12.2. The summed E-state index contributed by atoms with van der Waals surface area (Å²) in [5, 5.41) is 3.65. The van der Waals surface area contributed by atoms with Crippen LogP contribution in [-0.2, 0) is 7.05 Å². The van der Waals surface area contributed by atoms with Gasteiger partial charge in [0.2, 0.25) is 0 Å². The Morgan fingerprint density at radius 2 is 2.26 bits per heavy atom. The number of hydrogen-bond acceptors (Lipinski definition) is 3. The molecule has 0 aliphatic carbocycles. The third-order valence-electron chi connectivity index (χ3n) is 3.66. The quantitative estimate of drug-likeness (QED) is 0.931. The van der Waals surface area contributed by atoms with Gasteiger partial charge in [-0.25, -0.2) is 4.98 Å². The Labute approximate surface area is 118 Å². The Hall–Kier alpha value is -1.42. The molecular formula is C15H19N3S. The van der Waals surface area contributed by atoms with Crippen LogP contribution in [0.15, 0.2) is 36.7 Å². The molecule has 100 valence electrons. The molecule has 19 heavy (non-hydrogen) atoms. The Kier molecular flexibility index (Phi) is 3.51. The number of imidazole rings is 1. The Morgan fingerprint density at radius 3 is 2.95 bits per heavy atom. The molecule has 1 aliphatic heterocycles. The van der Waals surface area contributed by atoms with Crippen molar-refractivity contribution in [3.05, 3.63) is 36.7 Å². The van der Waals surface area contributed by atoms with E-state index in [4.69, 9.17) is 0 Å². The van der Waals surface area contributed by atoms with Gasteiger partial charge in [0.25, 0.3) is 0 Å². The lowest BCUT2D eigenvalue weighted by Crippen LogP contribution is -2.25. The molecule has 1 fully saturated rings. The average molecular weight is 273 g/mol. The SMILES string of the molecule is CC1CSCC1Nc1cccc(-c2nccn2C)c1. The minimum Gasteiger partial charge on any atom is -0.381 e. The van der Waals surface area contributed by atoms with Crippen molar-refractivity contribution in [2.75, 3.05) is 16.8 Å². The minimum absolute atomic E-state index is 0.585. The van der Waals surface area contributed by atoms with E-state index in [-0.39, 0.29) is 0 Å². The van der Waals surface area contributed by atoms with Crippen LogP contribution in [0.1, 0.15) is 6.92 Å². The van der Waals surface area contributed by atoms with Crippen LogP contribution in [-0.4, -0.2) is 27.1 Å². The Balaban J connectivity index is 1.82. The van der Waals surface area contributed by atoms with Gasteiger partial charge < -0.3 is 9.88 Å². The van der Waals surface area contributed by atoms with Crippen molar-refractivity contribution in [3.8, 4) is 11.4 Å². The fraction of sp³-hybridized carbons (Fsp3) is 0.400. The van der Waals surface area contributed by atoms with Gasteiger partial charge in [-0.1, -0.05) is 19.1 Å². The van der Waals surface area contributed by atoms with Crippen LogP contribution >= 0.6 is 11.8 Å². The van der Waals surface area contributed by atoms with Crippen LogP contribution in [0.25, 0.3) is 11.4 Å². The van der Waals surface area contributed by atoms with E-state index < -0.39 is 0 Å². The van der Waals surface area contributed by atoms with Gasteiger partial charge in [0.15, 0.2) is 0 Å². The summed E-state index contributed by atoms with van der Waals surface area (Å²) < 4.78 is 2.05. The smallest absolute Gasteiger partial charge is 0.139 e. The molecule has 4 heteroatoms. The van der Waals surface area contributed by atoms with Crippen molar-refractivity contribution in [2.45, 2.75) is 13.0 Å². The van der Waals surface area contributed by atoms with Crippen molar-refractivity contribution < 1.29 is 0 Å². The number of hydrogen-bond donors (Lipinski definition) is 1. The summed E-state index contributed by atoms with van der Waals surface area (Å²) in [5.74, 6) is 4.21. The molecule has 1 saturated heterocycles. The van der Waals surface area contributed by atoms with E-state index in [0.717, 1.165) is 17.3 Å². The molecule has 2 unspecified atom stereocenters.